The van der Waals surface area contributed by atoms with Gasteiger partial charge in [-0.05, 0) is 18.2 Å². The van der Waals surface area contributed by atoms with Crippen molar-refractivity contribution in [1.82, 2.24) is 10.6 Å². The molecule has 2 aromatic rings. The molecule has 124 valence electrons. The van der Waals surface area contributed by atoms with E-state index in [0.29, 0.717) is 10.0 Å². The van der Waals surface area contributed by atoms with Gasteiger partial charge in [-0.3, -0.25) is 10.1 Å². The maximum atomic E-state index is 12.3. The molecule has 2 aromatic carbocycles. The summed E-state index contributed by atoms with van der Waals surface area (Å²) in [6, 6.07) is 14.4. The Kier molecular flexibility index (Phi) is 6.08. The molecule has 0 radical (unpaired) electrons. The number of ether oxygens (including phenoxy) is 1. The van der Waals surface area contributed by atoms with Crippen molar-refractivity contribution < 1.29 is 19.1 Å². The van der Waals surface area contributed by atoms with Crippen LogP contribution in [0.1, 0.15) is 22.0 Å². The van der Waals surface area contributed by atoms with Crippen LogP contribution in [0.15, 0.2) is 59.1 Å². The van der Waals surface area contributed by atoms with Crippen LogP contribution in [0.25, 0.3) is 0 Å². The van der Waals surface area contributed by atoms with E-state index in [1.54, 1.807) is 54.6 Å². The van der Waals surface area contributed by atoms with E-state index in [4.69, 9.17) is 4.74 Å². The number of nitrogens with one attached hydrogen (secondary N) is 2. The second-order valence-corrected chi connectivity index (χ2v) is 5.69. The van der Waals surface area contributed by atoms with E-state index in [0.717, 1.165) is 0 Å². The molecule has 1 atom stereocenters. The summed E-state index contributed by atoms with van der Waals surface area (Å²) in [5.41, 5.74) is 0.750. The number of hydrogen-bond acceptors (Lipinski definition) is 4. The molecule has 2 N–H and O–H groups in total. The van der Waals surface area contributed by atoms with Crippen LogP contribution in [-0.4, -0.2) is 25.0 Å². The zero-order chi connectivity index (χ0) is 17.5. The second kappa shape index (κ2) is 8.26. The van der Waals surface area contributed by atoms with E-state index < -0.39 is 24.0 Å². The number of imide groups is 1. The van der Waals surface area contributed by atoms with Crippen molar-refractivity contribution in [2.75, 3.05) is 7.05 Å². The average Bonchev–Trinajstić information content (AvgIpc) is 2.59. The van der Waals surface area contributed by atoms with Crippen molar-refractivity contribution in [3.05, 3.63) is 70.2 Å². The molecule has 0 aliphatic heterocycles. The summed E-state index contributed by atoms with van der Waals surface area (Å²) < 4.78 is 6.04. The second-order valence-electron chi connectivity index (χ2n) is 4.77. The normalized spacial score (nSPS) is 11.2. The monoisotopic (exact) mass is 390 g/mol. The largest absolute Gasteiger partial charge is 0.444 e. The highest BCUT2D eigenvalue weighted by Gasteiger charge is 2.26. The van der Waals surface area contributed by atoms with Crippen molar-refractivity contribution in [2.45, 2.75) is 6.10 Å². The highest BCUT2D eigenvalue weighted by Crippen LogP contribution is 2.21. The minimum atomic E-state index is -1.24. The molecule has 0 saturated heterocycles. The summed E-state index contributed by atoms with van der Waals surface area (Å²) in [6.45, 7) is 0. The van der Waals surface area contributed by atoms with E-state index in [9.17, 15) is 14.4 Å². The molecule has 0 aromatic heterocycles. The van der Waals surface area contributed by atoms with Gasteiger partial charge in [0.2, 0.25) is 6.10 Å². The molecule has 0 bridgehead atoms. The summed E-state index contributed by atoms with van der Waals surface area (Å²) in [5.74, 6) is -1.40. The fraction of sp³-hybridized carbons (Fsp3) is 0.118. The highest BCUT2D eigenvalue weighted by atomic mass is 79.9. The van der Waals surface area contributed by atoms with E-state index in [1.165, 1.54) is 7.05 Å². The number of halogens is 1. The Morgan fingerprint density at radius 2 is 1.75 bits per heavy atom. The van der Waals surface area contributed by atoms with Crippen molar-refractivity contribution in [2.24, 2.45) is 0 Å². The Morgan fingerprint density at radius 3 is 2.38 bits per heavy atom. The number of hydrogen-bond donors (Lipinski definition) is 2. The Balaban J connectivity index is 2.24. The van der Waals surface area contributed by atoms with E-state index >= 15 is 0 Å². The molecule has 3 amide bonds. The number of benzene rings is 2. The predicted molar refractivity (Wildman–Crippen MR) is 91.3 cm³/mol. The Labute approximate surface area is 147 Å². The first kappa shape index (κ1) is 17.7. The zero-order valence-corrected chi connectivity index (χ0v) is 14.4. The Hall–Kier alpha value is -2.67. The first-order valence-corrected chi connectivity index (χ1v) is 7.84. The third-order valence-corrected chi connectivity index (χ3v) is 3.58. The van der Waals surface area contributed by atoms with Gasteiger partial charge >= 0.3 is 12.0 Å². The zero-order valence-electron chi connectivity index (χ0n) is 12.8. The van der Waals surface area contributed by atoms with Crippen LogP contribution < -0.4 is 10.6 Å². The van der Waals surface area contributed by atoms with Gasteiger partial charge in [-0.1, -0.05) is 52.3 Å². The molecule has 0 spiro atoms. The first-order valence-electron chi connectivity index (χ1n) is 7.05. The molecule has 0 aliphatic carbocycles. The maximum Gasteiger partial charge on any atom is 0.339 e. The van der Waals surface area contributed by atoms with E-state index in [1.807, 2.05) is 0 Å². The Bertz CT molecular complexity index is 749. The minimum Gasteiger partial charge on any atom is -0.444 e. The van der Waals surface area contributed by atoms with Gasteiger partial charge < -0.3 is 10.1 Å². The number of urea groups is 1. The number of esters is 1. The fourth-order valence-corrected chi connectivity index (χ4v) is 2.33. The van der Waals surface area contributed by atoms with Crippen LogP contribution in [0.4, 0.5) is 4.79 Å². The molecule has 0 heterocycles. The molecule has 7 heteroatoms. The van der Waals surface area contributed by atoms with Gasteiger partial charge in [0.25, 0.3) is 5.91 Å². The van der Waals surface area contributed by atoms with Crippen LogP contribution in [0.3, 0.4) is 0 Å². The highest BCUT2D eigenvalue weighted by molar-refractivity contribution is 9.10. The lowest BCUT2D eigenvalue weighted by atomic mass is 10.1. The van der Waals surface area contributed by atoms with Gasteiger partial charge in [-0.25, -0.2) is 9.59 Å². The molecule has 2 rings (SSSR count). The lowest BCUT2D eigenvalue weighted by molar-refractivity contribution is -0.129. The van der Waals surface area contributed by atoms with Crippen molar-refractivity contribution in [3.63, 3.8) is 0 Å². The number of carbonyl (C=O) groups excluding carboxylic acids is 3. The predicted octanol–water partition coefficient (Wildman–Crippen LogP) is 2.80. The standard InChI is InChI=1S/C17H15BrN2O4/c1-19-17(23)20-15(21)14(11-6-3-2-4-7-11)24-16(22)12-8-5-9-13(18)10-12/h2-10,14H,1H3,(H2,19,20,21,23). The lowest BCUT2D eigenvalue weighted by Gasteiger charge is -2.17. The van der Waals surface area contributed by atoms with Gasteiger partial charge in [-0.15, -0.1) is 0 Å². The van der Waals surface area contributed by atoms with Gasteiger partial charge in [0.15, 0.2) is 0 Å². The Morgan fingerprint density at radius 1 is 1.04 bits per heavy atom. The van der Waals surface area contributed by atoms with Crippen molar-refractivity contribution in [1.29, 1.82) is 0 Å². The minimum absolute atomic E-state index is 0.290. The third-order valence-electron chi connectivity index (χ3n) is 3.09. The topological polar surface area (TPSA) is 84.5 Å². The van der Waals surface area contributed by atoms with Crippen LogP contribution in [0.5, 0.6) is 0 Å². The van der Waals surface area contributed by atoms with Crippen LogP contribution in [0, 0.1) is 0 Å². The summed E-state index contributed by atoms with van der Waals surface area (Å²) in [5, 5.41) is 4.40. The molecule has 1 unspecified atom stereocenters. The summed E-state index contributed by atoms with van der Waals surface area (Å²) in [6.07, 6.45) is -1.24. The molecule has 0 saturated carbocycles. The van der Waals surface area contributed by atoms with E-state index in [-0.39, 0.29) is 5.56 Å². The molecule has 6 nitrogen and oxygen atoms in total. The SMILES string of the molecule is CNC(=O)NC(=O)C(OC(=O)c1cccc(Br)c1)c1ccccc1. The molecular formula is C17H15BrN2O4. The van der Waals surface area contributed by atoms with Crippen LogP contribution in [-0.2, 0) is 9.53 Å². The third kappa shape index (κ3) is 4.66. The fourth-order valence-electron chi connectivity index (χ4n) is 1.93. The number of amides is 3. The van der Waals surface area contributed by atoms with Crippen molar-refractivity contribution >= 4 is 33.8 Å². The summed E-state index contributed by atoms with van der Waals surface area (Å²) in [4.78, 5) is 36.0. The maximum absolute atomic E-state index is 12.3. The lowest BCUT2D eigenvalue weighted by Crippen LogP contribution is -2.41. The molecule has 24 heavy (non-hydrogen) atoms. The van der Waals surface area contributed by atoms with Crippen LogP contribution in [0.2, 0.25) is 0 Å². The van der Waals surface area contributed by atoms with Gasteiger partial charge in [-0.2, -0.15) is 0 Å². The quantitative estimate of drug-likeness (QED) is 0.786. The van der Waals surface area contributed by atoms with Crippen LogP contribution >= 0.6 is 15.9 Å². The van der Waals surface area contributed by atoms with Crippen molar-refractivity contribution in [3.8, 4) is 0 Å². The van der Waals surface area contributed by atoms with Gasteiger partial charge in [0.1, 0.15) is 0 Å². The molecular weight excluding hydrogens is 376 g/mol. The summed E-state index contributed by atoms with van der Waals surface area (Å²) >= 11 is 3.27. The smallest absolute Gasteiger partial charge is 0.339 e. The number of rotatable bonds is 4. The van der Waals surface area contributed by atoms with Gasteiger partial charge in [0.05, 0.1) is 5.56 Å². The van der Waals surface area contributed by atoms with E-state index in [2.05, 4.69) is 26.6 Å². The molecule has 0 fully saturated rings. The number of carbonyl (C=O) groups is 3. The first-order chi connectivity index (χ1) is 11.5. The summed E-state index contributed by atoms with van der Waals surface area (Å²) in [7, 11) is 1.38. The van der Waals surface area contributed by atoms with Gasteiger partial charge in [0, 0.05) is 17.1 Å². The average molecular weight is 391 g/mol. The molecule has 0 aliphatic rings.